The molecule has 2 unspecified atom stereocenters. The zero-order chi connectivity index (χ0) is 22.8. The maximum absolute atomic E-state index is 13.1. The summed E-state index contributed by atoms with van der Waals surface area (Å²) in [4.78, 5) is 27.2. The topological polar surface area (TPSA) is 140 Å². The van der Waals surface area contributed by atoms with Crippen molar-refractivity contribution in [3.05, 3.63) is 42.5 Å². The van der Waals surface area contributed by atoms with Crippen molar-refractivity contribution in [1.82, 2.24) is 5.16 Å². The van der Waals surface area contributed by atoms with Crippen molar-refractivity contribution in [3.8, 4) is 5.75 Å². The highest BCUT2D eigenvalue weighted by Crippen LogP contribution is 2.31. The van der Waals surface area contributed by atoms with Crippen LogP contribution in [-0.2, 0) is 14.3 Å². The van der Waals surface area contributed by atoms with Crippen molar-refractivity contribution < 1.29 is 28.7 Å². The number of rotatable bonds is 6. The largest absolute Gasteiger partial charge is 0.489 e. The molecule has 2 heterocycles. The molecule has 1 saturated heterocycles. The molecule has 4 rings (SSSR count). The number of nitrogens with zero attached hydrogens (tertiary/aromatic N) is 2. The Bertz CT molecular complexity index is 1140. The van der Waals surface area contributed by atoms with Gasteiger partial charge in [-0.05, 0) is 38.1 Å². The van der Waals surface area contributed by atoms with Crippen molar-refractivity contribution in [1.29, 1.82) is 0 Å². The number of fused-ring (bicyclic) bond motifs is 1. The summed E-state index contributed by atoms with van der Waals surface area (Å²) in [6, 6.07) is 11.9. The minimum Gasteiger partial charge on any atom is -0.489 e. The normalized spacial score (nSPS) is 17.6. The molecule has 0 bridgehead atoms. The number of aliphatic hydroxyl groups is 1. The molecule has 10 heteroatoms. The molecule has 1 aliphatic rings. The lowest BCUT2D eigenvalue weighted by Gasteiger charge is -2.35. The van der Waals surface area contributed by atoms with E-state index in [9.17, 15) is 14.7 Å². The summed E-state index contributed by atoms with van der Waals surface area (Å²) in [5.74, 6) is -0.545. The fourth-order valence-corrected chi connectivity index (χ4v) is 3.49. The van der Waals surface area contributed by atoms with E-state index in [2.05, 4.69) is 10.5 Å². The lowest BCUT2D eigenvalue weighted by molar-refractivity contribution is -0.150. The van der Waals surface area contributed by atoms with E-state index in [0.717, 1.165) is 0 Å². The van der Waals surface area contributed by atoms with Gasteiger partial charge < -0.3 is 35.1 Å². The Kier molecular flexibility index (Phi) is 5.97. The number of aliphatic hydroxyl groups excluding tert-OH is 1. The number of carbonyl (C=O) groups excluding carboxylic acids is 2. The Hall–Kier alpha value is -3.63. The highest BCUT2D eigenvalue weighted by atomic mass is 16.5. The van der Waals surface area contributed by atoms with Crippen LogP contribution < -0.4 is 20.7 Å². The zero-order valence-corrected chi connectivity index (χ0v) is 17.6. The molecule has 2 atom stereocenters. The van der Waals surface area contributed by atoms with Crippen LogP contribution in [0.2, 0.25) is 0 Å². The quantitative estimate of drug-likeness (QED) is 0.528. The van der Waals surface area contributed by atoms with E-state index in [1.54, 1.807) is 30.3 Å². The number of morpholine rings is 1. The molecular formula is C22H24N4O6. The van der Waals surface area contributed by atoms with Crippen LogP contribution >= 0.6 is 0 Å². The molecule has 0 saturated carbocycles. The Balaban J connectivity index is 1.50. The highest BCUT2D eigenvalue weighted by Gasteiger charge is 2.40. The maximum Gasteiger partial charge on any atom is 0.259 e. The summed E-state index contributed by atoms with van der Waals surface area (Å²) in [5, 5.41) is 17.4. The Labute approximate surface area is 183 Å². The van der Waals surface area contributed by atoms with E-state index >= 15 is 0 Å². The van der Waals surface area contributed by atoms with Crippen molar-refractivity contribution in [3.63, 3.8) is 0 Å². The van der Waals surface area contributed by atoms with Crippen LogP contribution in [0.4, 0.5) is 17.2 Å². The van der Waals surface area contributed by atoms with E-state index in [1.807, 2.05) is 19.9 Å². The number of nitrogens with two attached hydrogens (primary N) is 1. The first-order chi connectivity index (χ1) is 15.3. The third-order valence-electron chi connectivity index (χ3n) is 4.96. The van der Waals surface area contributed by atoms with E-state index in [4.69, 9.17) is 19.7 Å². The van der Waals surface area contributed by atoms with E-state index in [1.165, 1.54) is 11.0 Å². The number of amides is 2. The van der Waals surface area contributed by atoms with E-state index < -0.39 is 24.0 Å². The minimum atomic E-state index is -1.72. The molecule has 4 N–H and O–H groups in total. The van der Waals surface area contributed by atoms with Crippen LogP contribution in [-0.4, -0.2) is 53.5 Å². The average Bonchev–Trinajstić information content (AvgIpc) is 3.13. The smallest absolute Gasteiger partial charge is 0.259 e. The summed E-state index contributed by atoms with van der Waals surface area (Å²) in [6.07, 6.45) is -3.17. The molecule has 2 aromatic carbocycles. The first-order valence-corrected chi connectivity index (χ1v) is 10.2. The van der Waals surface area contributed by atoms with Gasteiger partial charge in [0.1, 0.15) is 5.75 Å². The number of ether oxygens (including phenoxy) is 2. The number of aromatic nitrogens is 1. The first kappa shape index (κ1) is 21.6. The van der Waals surface area contributed by atoms with Crippen LogP contribution in [0.5, 0.6) is 5.75 Å². The molecule has 1 aliphatic heterocycles. The van der Waals surface area contributed by atoms with Gasteiger partial charge in [-0.25, -0.2) is 0 Å². The Morgan fingerprint density at radius 1 is 1.31 bits per heavy atom. The number of benzene rings is 2. The van der Waals surface area contributed by atoms with Crippen molar-refractivity contribution in [2.75, 3.05) is 29.1 Å². The number of anilines is 3. The minimum absolute atomic E-state index is 0.0866. The monoisotopic (exact) mass is 440 g/mol. The maximum atomic E-state index is 13.1. The van der Waals surface area contributed by atoms with Gasteiger partial charge >= 0.3 is 0 Å². The summed E-state index contributed by atoms with van der Waals surface area (Å²) in [5.41, 5.74) is 6.98. The van der Waals surface area contributed by atoms with Gasteiger partial charge in [0, 0.05) is 18.3 Å². The van der Waals surface area contributed by atoms with Crippen LogP contribution in [0.3, 0.4) is 0 Å². The predicted octanol–water partition coefficient (Wildman–Crippen LogP) is 1.93. The summed E-state index contributed by atoms with van der Waals surface area (Å²) in [7, 11) is 0. The summed E-state index contributed by atoms with van der Waals surface area (Å²) in [6.45, 7) is 4.20. The van der Waals surface area contributed by atoms with Crippen LogP contribution in [0.15, 0.2) is 47.0 Å². The average molecular weight is 440 g/mol. The van der Waals surface area contributed by atoms with E-state index in [-0.39, 0.29) is 25.1 Å². The van der Waals surface area contributed by atoms with Crippen molar-refractivity contribution in [2.45, 2.75) is 32.2 Å². The molecule has 1 fully saturated rings. The van der Waals surface area contributed by atoms with Crippen molar-refractivity contribution >= 4 is 40.0 Å². The molecule has 0 radical (unpaired) electrons. The summed E-state index contributed by atoms with van der Waals surface area (Å²) < 4.78 is 16.4. The van der Waals surface area contributed by atoms with Gasteiger partial charge in [0.15, 0.2) is 23.6 Å². The molecule has 168 valence electrons. The molecule has 0 spiro atoms. The lowest BCUT2D eigenvalue weighted by atomic mass is 10.1. The van der Waals surface area contributed by atoms with Gasteiger partial charge in [0.05, 0.1) is 23.8 Å². The van der Waals surface area contributed by atoms with Crippen LogP contribution in [0.25, 0.3) is 11.0 Å². The second-order valence-corrected chi connectivity index (χ2v) is 7.63. The van der Waals surface area contributed by atoms with Gasteiger partial charge in [-0.1, -0.05) is 17.3 Å². The molecule has 1 aromatic heterocycles. The fourth-order valence-electron chi connectivity index (χ4n) is 3.49. The third kappa shape index (κ3) is 4.23. The van der Waals surface area contributed by atoms with Gasteiger partial charge in [0.25, 0.3) is 11.8 Å². The second-order valence-electron chi connectivity index (χ2n) is 7.63. The van der Waals surface area contributed by atoms with Gasteiger partial charge in [-0.3, -0.25) is 9.59 Å². The number of nitrogen functional groups attached to an aromatic ring is 1. The standard InChI is InChI=1S/C22H24N4O6/c1-12(2)31-16-6-4-3-5-15(16)26-9-10-30-19(22(26)29)18(27)21(28)24-13-7-8-14-17(11-13)32-25-20(14)23/h3-8,11-12,18-19,27H,9-10H2,1-2H3,(H2,23,25)(H,24,28). The molecular weight excluding hydrogens is 416 g/mol. The van der Waals surface area contributed by atoms with E-state index in [0.29, 0.717) is 28.1 Å². The van der Waals surface area contributed by atoms with Gasteiger partial charge in [-0.2, -0.15) is 0 Å². The highest BCUT2D eigenvalue weighted by molar-refractivity contribution is 6.05. The number of hydrogen-bond donors (Lipinski definition) is 3. The Morgan fingerprint density at radius 3 is 2.88 bits per heavy atom. The summed E-state index contributed by atoms with van der Waals surface area (Å²) >= 11 is 0. The van der Waals surface area contributed by atoms with Crippen LogP contribution in [0, 0.1) is 0 Å². The first-order valence-electron chi connectivity index (χ1n) is 10.2. The number of hydrogen-bond acceptors (Lipinski definition) is 8. The number of para-hydroxylation sites is 2. The van der Waals surface area contributed by atoms with Gasteiger partial charge in [0.2, 0.25) is 0 Å². The number of nitrogens with one attached hydrogen (secondary N) is 1. The lowest BCUT2D eigenvalue weighted by Crippen LogP contribution is -2.55. The second kappa shape index (κ2) is 8.85. The van der Waals surface area contributed by atoms with Crippen LogP contribution in [0.1, 0.15) is 13.8 Å². The third-order valence-corrected chi connectivity index (χ3v) is 4.96. The zero-order valence-electron chi connectivity index (χ0n) is 17.6. The molecule has 2 amide bonds. The fraction of sp³-hybridized carbons (Fsp3) is 0.318. The molecule has 10 nitrogen and oxygen atoms in total. The van der Waals surface area contributed by atoms with Gasteiger partial charge in [-0.15, -0.1) is 0 Å². The Morgan fingerprint density at radius 2 is 2.09 bits per heavy atom. The SMILES string of the molecule is CC(C)Oc1ccccc1N1CCOC(C(O)C(=O)Nc2ccc3c(N)noc3c2)C1=O. The molecule has 3 aromatic rings. The predicted molar refractivity (Wildman–Crippen MR) is 117 cm³/mol. The van der Waals surface area contributed by atoms with Crippen molar-refractivity contribution in [2.24, 2.45) is 0 Å². The molecule has 0 aliphatic carbocycles. The number of carbonyl (C=O) groups is 2. The molecule has 32 heavy (non-hydrogen) atoms.